The summed E-state index contributed by atoms with van der Waals surface area (Å²) in [6.07, 6.45) is 7.68. The number of thioether (sulfide) groups is 1. The predicted molar refractivity (Wildman–Crippen MR) is 65.6 cm³/mol. The average molecular weight is 237 g/mol. The lowest BCUT2D eigenvalue weighted by Crippen LogP contribution is -2.22. The lowest BCUT2D eigenvalue weighted by molar-refractivity contribution is 0.524. The van der Waals surface area contributed by atoms with Gasteiger partial charge in [0.2, 0.25) is 0 Å². The minimum absolute atomic E-state index is 0.778. The van der Waals surface area contributed by atoms with Crippen LogP contribution in [-0.2, 0) is 0 Å². The normalized spacial score (nSPS) is 19.9. The van der Waals surface area contributed by atoms with Crippen LogP contribution in [0.4, 0.5) is 5.69 Å². The summed E-state index contributed by atoms with van der Waals surface area (Å²) in [7, 11) is 0. The molecule has 3 nitrogen and oxygen atoms in total. The first-order valence-electron chi connectivity index (χ1n) is 5.04. The summed E-state index contributed by atoms with van der Waals surface area (Å²) in [4.78, 5) is 9.76. The number of aliphatic imine (C=N–C) groups is 1. The van der Waals surface area contributed by atoms with E-state index in [0.717, 1.165) is 21.0 Å². The Morgan fingerprint density at radius 1 is 1.47 bits per heavy atom. The fourth-order valence-corrected chi connectivity index (χ4v) is 3.40. The van der Waals surface area contributed by atoms with E-state index < -0.39 is 0 Å². The van der Waals surface area contributed by atoms with Gasteiger partial charge in [0, 0.05) is 17.6 Å². The molecule has 0 bridgehead atoms. The van der Waals surface area contributed by atoms with Crippen LogP contribution < -0.4 is 4.72 Å². The number of hydrogen-bond donors (Lipinski definition) is 1. The molecule has 2 aliphatic rings. The molecule has 0 spiro atoms. The van der Waals surface area contributed by atoms with Crippen molar-refractivity contribution < 1.29 is 0 Å². The van der Waals surface area contributed by atoms with Gasteiger partial charge in [-0.3, -0.25) is 4.98 Å². The van der Waals surface area contributed by atoms with Gasteiger partial charge in [0.25, 0.3) is 0 Å². The summed E-state index contributed by atoms with van der Waals surface area (Å²) in [6, 6.07) is 1.96. The van der Waals surface area contributed by atoms with E-state index in [-0.39, 0.29) is 0 Å². The van der Waals surface area contributed by atoms with Crippen molar-refractivity contribution in [2.45, 2.75) is 29.4 Å². The van der Waals surface area contributed by atoms with Gasteiger partial charge in [0.1, 0.15) is 0 Å². The summed E-state index contributed by atoms with van der Waals surface area (Å²) in [5.74, 6) is 0. The van der Waals surface area contributed by atoms with Crippen molar-refractivity contribution in [2.24, 2.45) is 4.99 Å². The third-order valence-corrected chi connectivity index (χ3v) is 4.74. The lowest BCUT2D eigenvalue weighted by atomic mass is 10.0. The van der Waals surface area contributed by atoms with Crippen LogP contribution in [0.15, 0.2) is 28.3 Å². The van der Waals surface area contributed by atoms with Gasteiger partial charge in [-0.15, -0.1) is 0 Å². The summed E-state index contributed by atoms with van der Waals surface area (Å²) >= 11 is 3.48. The quantitative estimate of drug-likeness (QED) is 0.762. The number of rotatable bonds is 1. The minimum atomic E-state index is 0.778. The van der Waals surface area contributed by atoms with Crippen molar-refractivity contribution in [1.29, 1.82) is 0 Å². The van der Waals surface area contributed by atoms with Gasteiger partial charge in [-0.1, -0.05) is 18.2 Å². The number of amidine groups is 1. The highest BCUT2D eigenvalue weighted by Gasteiger charge is 2.22. The highest BCUT2D eigenvalue weighted by atomic mass is 32.2. The summed E-state index contributed by atoms with van der Waals surface area (Å²) in [5, 5.41) is 1.82. The fourth-order valence-electron chi connectivity index (χ4n) is 1.47. The second-order valence-corrected chi connectivity index (χ2v) is 5.77. The Balaban J connectivity index is 1.78. The molecule has 3 rings (SSSR count). The van der Waals surface area contributed by atoms with Gasteiger partial charge in [-0.05, 0) is 30.9 Å². The zero-order chi connectivity index (χ0) is 10.1. The first-order valence-corrected chi connectivity index (χ1v) is 6.74. The molecule has 2 heterocycles. The molecule has 1 aliphatic carbocycles. The number of nitrogens with zero attached hydrogens (tertiary/aromatic N) is 2. The van der Waals surface area contributed by atoms with Crippen LogP contribution in [0.1, 0.15) is 19.3 Å². The molecule has 1 fully saturated rings. The molecule has 1 aromatic rings. The van der Waals surface area contributed by atoms with Gasteiger partial charge in [0.05, 0.1) is 10.6 Å². The monoisotopic (exact) mass is 237 g/mol. The van der Waals surface area contributed by atoms with E-state index in [4.69, 9.17) is 0 Å². The van der Waals surface area contributed by atoms with Gasteiger partial charge in [0.15, 0.2) is 5.17 Å². The Labute approximate surface area is 97.3 Å². The van der Waals surface area contributed by atoms with Crippen LogP contribution in [-0.4, -0.2) is 15.4 Å². The van der Waals surface area contributed by atoms with E-state index in [0.29, 0.717) is 0 Å². The highest BCUT2D eigenvalue weighted by molar-refractivity contribution is 8.16. The van der Waals surface area contributed by atoms with E-state index in [1.165, 1.54) is 19.3 Å². The van der Waals surface area contributed by atoms with Crippen LogP contribution in [0.3, 0.4) is 0 Å². The number of nitrogens with one attached hydrogen (secondary N) is 1. The highest BCUT2D eigenvalue weighted by Crippen LogP contribution is 2.37. The molecule has 0 aromatic carbocycles. The number of hydrogen-bond acceptors (Lipinski definition) is 5. The standard InChI is InChI=1S/C10H11N3S2/c1-2-7(3-1)14-10-12-8-4-5-11-6-9(8)15-13-10/h4-7H,1-3H2,(H,12,13). The molecular weight excluding hydrogens is 226 g/mol. The Hall–Kier alpha value is -0.680. The molecular formula is C10H11N3S2. The maximum absolute atomic E-state index is 4.57. The Morgan fingerprint density at radius 3 is 3.20 bits per heavy atom. The van der Waals surface area contributed by atoms with E-state index >= 15 is 0 Å². The molecule has 0 radical (unpaired) electrons. The molecule has 1 aromatic heterocycles. The number of pyridine rings is 1. The smallest absolute Gasteiger partial charge is 0.172 e. The van der Waals surface area contributed by atoms with Crippen molar-refractivity contribution in [3.63, 3.8) is 0 Å². The number of fused-ring (bicyclic) bond motifs is 1. The van der Waals surface area contributed by atoms with Gasteiger partial charge < -0.3 is 4.72 Å². The maximum Gasteiger partial charge on any atom is 0.172 e. The van der Waals surface area contributed by atoms with Gasteiger partial charge >= 0.3 is 0 Å². The lowest BCUT2D eigenvalue weighted by Gasteiger charge is -2.26. The molecule has 0 atom stereocenters. The Bertz CT molecular complexity index is 401. The SMILES string of the molecule is c1cc2c(cn1)SNC(SC1CCC1)=N2. The Kier molecular flexibility index (Phi) is 2.58. The third-order valence-electron chi connectivity index (χ3n) is 2.56. The van der Waals surface area contributed by atoms with Crippen molar-refractivity contribution in [2.75, 3.05) is 0 Å². The molecule has 15 heavy (non-hydrogen) atoms. The fraction of sp³-hybridized carbons (Fsp3) is 0.400. The molecule has 0 saturated heterocycles. The molecule has 78 valence electrons. The van der Waals surface area contributed by atoms with E-state index in [2.05, 4.69) is 14.7 Å². The number of aromatic nitrogens is 1. The van der Waals surface area contributed by atoms with Crippen LogP contribution in [0.25, 0.3) is 0 Å². The van der Waals surface area contributed by atoms with Crippen LogP contribution in [0, 0.1) is 0 Å². The first-order chi connectivity index (χ1) is 7.42. The molecule has 1 saturated carbocycles. The zero-order valence-electron chi connectivity index (χ0n) is 8.14. The van der Waals surface area contributed by atoms with Crippen LogP contribution in [0.5, 0.6) is 0 Å². The predicted octanol–water partition coefficient (Wildman–Crippen LogP) is 2.97. The first kappa shape index (κ1) is 9.54. The van der Waals surface area contributed by atoms with Crippen molar-refractivity contribution in [3.8, 4) is 0 Å². The van der Waals surface area contributed by atoms with Crippen LogP contribution >= 0.6 is 23.7 Å². The average Bonchev–Trinajstić information content (AvgIpc) is 2.23. The maximum atomic E-state index is 4.57. The molecule has 0 unspecified atom stereocenters. The summed E-state index contributed by atoms with van der Waals surface area (Å²) in [6.45, 7) is 0. The minimum Gasteiger partial charge on any atom is -0.305 e. The molecule has 1 aliphatic heterocycles. The topological polar surface area (TPSA) is 37.3 Å². The molecule has 0 amide bonds. The zero-order valence-corrected chi connectivity index (χ0v) is 9.77. The molecule has 1 N–H and O–H groups in total. The second-order valence-electron chi connectivity index (χ2n) is 3.64. The van der Waals surface area contributed by atoms with E-state index in [1.807, 2.05) is 24.0 Å². The second kappa shape index (κ2) is 4.06. The largest absolute Gasteiger partial charge is 0.305 e. The van der Waals surface area contributed by atoms with Gasteiger partial charge in [-0.25, -0.2) is 4.99 Å². The third kappa shape index (κ3) is 1.99. The van der Waals surface area contributed by atoms with Gasteiger partial charge in [-0.2, -0.15) is 0 Å². The Morgan fingerprint density at radius 2 is 2.40 bits per heavy atom. The molecule has 5 heteroatoms. The van der Waals surface area contributed by atoms with E-state index in [1.54, 1.807) is 18.1 Å². The van der Waals surface area contributed by atoms with Crippen molar-refractivity contribution in [3.05, 3.63) is 18.5 Å². The van der Waals surface area contributed by atoms with Crippen molar-refractivity contribution in [1.82, 2.24) is 9.71 Å². The van der Waals surface area contributed by atoms with Crippen molar-refractivity contribution >= 4 is 34.6 Å². The summed E-state index contributed by atoms with van der Waals surface area (Å²) < 4.78 is 3.26. The summed E-state index contributed by atoms with van der Waals surface area (Å²) in [5.41, 5.74) is 1.04. The van der Waals surface area contributed by atoms with E-state index in [9.17, 15) is 0 Å². The van der Waals surface area contributed by atoms with Crippen LogP contribution in [0.2, 0.25) is 0 Å².